The topological polar surface area (TPSA) is 128 Å². The van der Waals surface area contributed by atoms with Crippen molar-refractivity contribution < 1.29 is 28.8 Å². The van der Waals surface area contributed by atoms with Crippen molar-refractivity contribution in [1.29, 1.82) is 0 Å². The lowest BCUT2D eigenvalue weighted by molar-refractivity contribution is -0.385. The Kier molecular flexibility index (Phi) is 8.61. The van der Waals surface area contributed by atoms with Crippen LogP contribution in [0.1, 0.15) is 70.4 Å². The molecule has 0 aromatic heterocycles. The fourth-order valence-corrected chi connectivity index (χ4v) is 3.86. The van der Waals surface area contributed by atoms with Crippen molar-refractivity contribution in [2.75, 3.05) is 13.2 Å². The van der Waals surface area contributed by atoms with Gasteiger partial charge in [0.05, 0.1) is 29.3 Å². The lowest BCUT2D eigenvalue weighted by Gasteiger charge is -2.35. The largest absolute Gasteiger partial charge is 0.462 e. The van der Waals surface area contributed by atoms with Gasteiger partial charge in [-0.2, -0.15) is 0 Å². The van der Waals surface area contributed by atoms with Crippen LogP contribution in [0.15, 0.2) is 35.5 Å². The molecule has 1 aromatic carbocycles. The number of allylic oxidation sites excluding steroid dienone is 1. The Labute approximate surface area is 198 Å². The van der Waals surface area contributed by atoms with Gasteiger partial charge in [-0.05, 0) is 38.2 Å². The van der Waals surface area contributed by atoms with E-state index in [0.29, 0.717) is 12.3 Å². The molecule has 1 saturated carbocycles. The lowest BCUT2D eigenvalue weighted by Crippen LogP contribution is -2.51. The number of nitro groups is 1. The molecule has 0 bridgehead atoms. The number of hydrogen-bond donors (Lipinski definition) is 1. The minimum atomic E-state index is -1.35. The molecule has 0 spiro atoms. The molecule has 1 N–H and O–H groups in total. The van der Waals surface area contributed by atoms with Gasteiger partial charge in [-0.3, -0.25) is 10.1 Å². The number of carbonyl (C=O) groups is 3. The average Bonchev–Trinajstić information content (AvgIpc) is 3.63. The molecule has 0 radical (unpaired) electrons. The number of hydrogen-bond acceptors (Lipinski definition) is 7. The van der Waals surface area contributed by atoms with Gasteiger partial charge in [0, 0.05) is 11.8 Å². The number of para-hydroxylation sites is 1. The van der Waals surface area contributed by atoms with Crippen LogP contribution in [0.5, 0.6) is 0 Å². The first-order valence-corrected chi connectivity index (χ1v) is 11.7. The van der Waals surface area contributed by atoms with Crippen molar-refractivity contribution in [3.05, 3.63) is 51.2 Å². The summed E-state index contributed by atoms with van der Waals surface area (Å²) in [5, 5.41) is 14.2. The molecule has 1 heterocycles. The molecule has 0 saturated heterocycles. The number of esters is 1. The first-order chi connectivity index (χ1) is 16.3. The molecular weight excluding hydrogens is 442 g/mol. The Bertz CT molecular complexity index is 971. The summed E-state index contributed by atoms with van der Waals surface area (Å²) in [4.78, 5) is 50.8. The summed E-state index contributed by atoms with van der Waals surface area (Å²) in [6.07, 6.45) is 5.63. The molecule has 1 unspecified atom stereocenters. The number of urea groups is 1. The molecule has 1 aromatic rings. The van der Waals surface area contributed by atoms with E-state index >= 15 is 0 Å². The molecule has 3 rings (SSSR count). The second-order valence-corrected chi connectivity index (χ2v) is 8.63. The second kappa shape index (κ2) is 11.6. The Morgan fingerprint density at radius 3 is 2.53 bits per heavy atom. The number of nitrogens with zero attached hydrogens (tertiary/aromatic N) is 2. The van der Waals surface area contributed by atoms with Gasteiger partial charge in [-0.25, -0.2) is 19.3 Å². The maximum atomic E-state index is 13.1. The fraction of sp³-hybridized carbons (Fsp3) is 0.542. The summed E-state index contributed by atoms with van der Waals surface area (Å²) >= 11 is 0. The third-order valence-electron chi connectivity index (χ3n) is 5.91. The number of ether oxygens (including phenoxy) is 2. The highest BCUT2D eigenvalue weighted by atomic mass is 16.6. The standard InChI is InChI=1S/C24H31N3O7/c1-3-4-5-6-9-14-33-24(30)26-21(18-10-7-8-11-19(18)27(31)32)20(16(2)25-23(26)29)22(28)34-15-17-12-13-17/h7-8,10-11,17,21H,3-6,9,12-15H2,1-2H3,(H,25,29). The maximum Gasteiger partial charge on any atom is 0.418 e. The predicted molar refractivity (Wildman–Crippen MR) is 123 cm³/mol. The number of imide groups is 1. The van der Waals surface area contributed by atoms with Gasteiger partial charge in [-0.1, -0.05) is 44.7 Å². The van der Waals surface area contributed by atoms with Gasteiger partial charge in [-0.15, -0.1) is 0 Å². The van der Waals surface area contributed by atoms with E-state index < -0.39 is 29.1 Å². The predicted octanol–water partition coefficient (Wildman–Crippen LogP) is 5.00. The van der Waals surface area contributed by atoms with E-state index in [4.69, 9.17) is 9.47 Å². The summed E-state index contributed by atoms with van der Waals surface area (Å²) in [6, 6.07) is 3.54. The molecule has 1 fully saturated rings. The normalized spacial score (nSPS) is 17.9. The summed E-state index contributed by atoms with van der Waals surface area (Å²) in [5.41, 5.74) is -0.146. The van der Waals surface area contributed by atoms with Gasteiger partial charge in [0.1, 0.15) is 6.04 Å². The number of amides is 3. The molecular formula is C24H31N3O7. The van der Waals surface area contributed by atoms with Gasteiger partial charge >= 0.3 is 18.1 Å². The van der Waals surface area contributed by atoms with E-state index in [9.17, 15) is 24.5 Å². The number of nitro benzene ring substituents is 1. The van der Waals surface area contributed by atoms with Crippen LogP contribution in [0.4, 0.5) is 15.3 Å². The Morgan fingerprint density at radius 2 is 1.85 bits per heavy atom. The van der Waals surface area contributed by atoms with Crippen LogP contribution in [0, 0.1) is 16.0 Å². The summed E-state index contributed by atoms with van der Waals surface area (Å²) in [6.45, 7) is 3.92. The van der Waals surface area contributed by atoms with Crippen molar-refractivity contribution in [2.45, 2.75) is 64.8 Å². The number of rotatable bonds is 11. The van der Waals surface area contributed by atoms with E-state index in [1.54, 1.807) is 6.07 Å². The molecule has 1 aliphatic heterocycles. The Hall–Kier alpha value is -3.43. The second-order valence-electron chi connectivity index (χ2n) is 8.63. The molecule has 34 heavy (non-hydrogen) atoms. The van der Waals surface area contributed by atoms with E-state index in [0.717, 1.165) is 43.4 Å². The van der Waals surface area contributed by atoms with E-state index in [1.165, 1.54) is 25.1 Å². The highest BCUT2D eigenvalue weighted by Crippen LogP contribution is 2.39. The smallest absolute Gasteiger partial charge is 0.418 e. The third-order valence-corrected chi connectivity index (χ3v) is 5.91. The van der Waals surface area contributed by atoms with Crippen molar-refractivity contribution in [1.82, 2.24) is 10.2 Å². The first kappa shape index (κ1) is 25.2. The Morgan fingerprint density at radius 1 is 1.15 bits per heavy atom. The van der Waals surface area contributed by atoms with Crippen LogP contribution >= 0.6 is 0 Å². The maximum absolute atomic E-state index is 13.1. The highest BCUT2D eigenvalue weighted by molar-refractivity contribution is 6.00. The van der Waals surface area contributed by atoms with Gasteiger partial charge < -0.3 is 14.8 Å². The molecule has 184 valence electrons. The van der Waals surface area contributed by atoms with Crippen LogP contribution in [0.25, 0.3) is 0 Å². The van der Waals surface area contributed by atoms with Crippen LogP contribution in [0.2, 0.25) is 0 Å². The van der Waals surface area contributed by atoms with Gasteiger partial charge in [0.25, 0.3) is 5.69 Å². The zero-order valence-electron chi connectivity index (χ0n) is 19.6. The number of nitrogens with one attached hydrogen (secondary N) is 1. The zero-order valence-corrected chi connectivity index (χ0v) is 19.6. The van der Waals surface area contributed by atoms with Crippen molar-refractivity contribution >= 4 is 23.8 Å². The molecule has 10 nitrogen and oxygen atoms in total. The van der Waals surface area contributed by atoms with E-state index in [2.05, 4.69) is 12.2 Å². The van der Waals surface area contributed by atoms with Crippen molar-refractivity contribution in [3.63, 3.8) is 0 Å². The molecule has 10 heteroatoms. The minimum Gasteiger partial charge on any atom is -0.462 e. The van der Waals surface area contributed by atoms with Crippen LogP contribution < -0.4 is 5.32 Å². The summed E-state index contributed by atoms with van der Waals surface area (Å²) < 4.78 is 10.8. The van der Waals surface area contributed by atoms with E-state index in [-0.39, 0.29) is 35.7 Å². The monoisotopic (exact) mass is 473 g/mol. The SMILES string of the molecule is CCCCCCCOC(=O)N1C(=O)NC(C)=C(C(=O)OCC2CC2)C1c1ccccc1[N+](=O)[O-]. The van der Waals surface area contributed by atoms with Crippen molar-refractivity contribution in [3.8, 4) is 0 Å². The molecule has 3 amide bonds. The van der Waals surface area contributed by atoms with E-state index in [1.807, 2.05) is 0 Å². The van der Waals surface area contributed by atoms with Crippen molar-refractivity contribution in [2.24, 2.45) is 5.92 Å². The number of carbonyl (C=O) groups excluding carboxylic acids is 3. The fourth-order valence-electron chi connectivity index (χ4n) is 3.86. The Balaban J connectivity index is 1.91. The van der Waals surface area contributed by atoms with Crippen LogP contribution in [0.3, 0.4) is 0 Å². The van der Waals surface area contributed by atoms with Gasteiger partial charge in [0.2, 0.25) is 0 Å². The molecule has 1 aliphatic carbocycles. The minimum absolute atomic E-state index is 0.0277. The summed E-state index contributed by atoms with van der Waals surface area (Å²) in [7, 11) is 0. The third kappa shape index (κ3) is 6.12. The number of benzene rings is 1. The quantitative estimate of drug-likeness (QED) is 0.207. The summed E-state index contributed by atoms with van der Waals surface area (Å²) in [5.74, 6) is -0.439. The first-order valence-electron chi connectivity index (χ1n) is 11.7. The zero-order chi connectivity index (χ0) is 24.7. The number of unbranched alkanes of at least 4 members (excludes halogenated alkanes) is 4. The van der Waals surface area contributed by atoms with Crippen LogP contribution in [-0.2, 0) is 14.3 Å². The lowest BCUT2D eigenvalue weighted by atomic mass is 9.93. The molecule has 2 aliphatic rings. The average molecular weight is 474 g/mol. The van der Waals surface area contributed by atoms with Crippen LogP contribution in [-0.4, -0.2) is 41.1 Å². The van der Waals surface area contributed by atoms with Gasteiger partial charge in [0.15, 0.2) is 0 Å². The highest BCUT2D eigenvalue weighted by Gasteiger charge is 2.45. The molecule has 1 atom stereocenters.